The molecule has 5 nitrogen and oxygen atoms in total. The van der Waals surface area contributed by atoms with Gasteiger partial charge in [-0.1, -0.05) is 0 Å². The van der Waals surface area contributed by atoms with Crippen LogP contribution < -0.4 is 0 Å². The van der Waals surface area contributed by atoms with Crippen LogP contribution in [-0.2, 0) is 16.0 Å². The lowest BCUT2D eigenvalue weighted by Gasteiger charge is -1.97. The van der Waals surface area contributed by atoms with Gasteiger partial charge in [0, 0.05) is 19.8 Å². The first-order valence-corrected chi connectivity index (χ1v) is 4.58. The monoisotopic (exact) mass is 198 g/mol. The second kappa shape index (κ2) is 5.36. The van der Waals surface area contributed by atoms with E-state index in [9.17, 15) is 4.79 Å². The maximum Gasteiger partial charge on any atom is 0.305 e. The maximum atomic E-state index is 10.8. The molecule has 5 heteroatoms. The zero-order chi connectivity index (χ0) is 10.4. The van der Waals surface area contributed by atoms with E-state index in [1.54, 1.807) is 6.92 Å². The first-order chi connectivity index (χ1) is 6.72. The summed E-state index contributed by atoms with van der Waals surface area (Å²) in [6, 6.07) is 0. The first-order valence-electron chi connectivity index (χ1n) is 4.58. The molecule has 0 bridgehead atoms. The zero-order valence-electron chi connectivity index (χ0n) is 8.45. The van der Waals surface area contributed by atoms with E-state index < -0.39 is 0 Å². The maximum absolute atomic E-state index is 10.8. The van der Waals surface area contributed by atoms with E-state index in [4.69, 9.17) is 4.42 Å². The van der Waals surface area contributed by atoms with Gasteiger partial charge < -0.3 is 9.15 Å². The summed E-state index contributed by atoms with van der Waals surface area (Å²) in [6.07, 6.45) is 2.81. The topological polar surface area (TPSA) is 65.2 Å². The summed E-state index contributed by atoms with van der Waals surface area (Å²) < 4.78 is 9.69. The number of carbonyl (C=O) groups excluding carboxylic acids is 1. The van der Waals surface area contributed by atoms with Gasteiger partial charge >= 0.3 is 5.97 Å². The summed E-state index contributed by atoms with van der Waals surface area (Å²) >= 11 is 0. The fourth-order valence-electron chi connectivity index (χ4n) is 1.09. The smallest absolute Gasteiger partial charge is 0.305 e. The van der Waals surface area contributed by atoms with Crippen molar-refractivity contribution < 1.29 is 13.9 Å². The van der Waals surface area contributed by atoms with Crippen LogP contribution in [0.15, 0.2) is 4.42 Å². The van der Waals surface area contributed by atoms with Gasteiger partial charge in [0.2, 0.25) is 11.8 Å². The van der Waals surface area contributed by atoms with Crippen molar-refractivity contribution in [3.63, 3.8) is 0 Å². The Hall–Kier alpha value is -1.39. The van der Waals surface area contributed by atoms with E-state index >= 15 is 0 Å². The Bertz CT molecular complexity index is 296. The molecule has 0 fully saturated rings. The van der Waals surface area contributed by atoms with E-state index in [-0.39, 0.29) is 5.97 Å². The molecule has 78 valence electrons. The van der Waals surface area contributed by atoms with Gasteiger partial charge in [-0.25, -0.2) is 0 Å². The van der Waals surface area contributed by atoms with Crippen molar-refractivity contribution in [3.8, 4) is 0 Å². The Kier molecular flexibility index (Phi) is 4.10. The summed E-state index contributed by atoms with van der Waals surface area (Å²) in [5, 5.41) is 7.56. The van der Waals surface area contributed by atoms with Crippen LogP contribution in [0, 0.1) is 6.92 Å². The Labute approximate surface area is 82.5 Å². The van der Waals surface area contributed by atoms with Crippen LogP contribution in [0.4, 0.5) is 0 Å². The Balaban J connectivity index is 2.13. The number of ether oxygens (including phenoxy) is 1. The lowest BCUT2D eigenvalue weighted by molar-refractivity contribution is -0.140. The molecule has 0 aliphatic heterocycles. The molecular weight excluding hydrogens is 184 g/mol. The van der Waals surface area contributed by atoms with Gasteiger partial charge in [0.05, 0.1) is 7.11 Å². The number of nitrogens with zero attached hydrogens (tertiary/aromatic N) is 2. The fourth-order valence-corrected chi connectivity index (χ4v) is 1.09. The predicted octanol–water partition coefficient (Wildman–Crippen LogP) is 1.26. The number of esters is 1. The molecule has 0 radical (unpaired) electrons. The van der Waals surface area contributed by atoms with Crippen molar-refractivity contribution >= 4 is 5.97 Å². The summed E-state index contributed by atoms with van der Waals surface area (Å²) in [6.45, 7) is 1.75. The Morgan fingerprint density at radius 2 is 2.21 bits per heavy atom. The molecule has 1 heterocycles. The molecule has 1 aromatic heterocycles. The molecule has 14 heavy (non-hydrogen) atoms. The van der Waals surface area contributed by atoms with E-state index in [0.29, 0.717) is 18.2 Å². The third kappa shape index (κ3) is 3.55. The van der Waals surface area contributed by atoms with E-state index in [1.807, 2.05) is 0 Å². The fraction of sp³-hybridized carbons (Fsp3) is 0.667. The Morgan fingerprint density at radius 3 is 2.79 bits per heavy atom. The summed E-state index contributed by atoms with van der Waals surface area (Å²) in [5.41, 5.74) is 0. The molecular formula is C9H14N2O3. The third-order valence-corrected chi connectivity index (χ3v) is 1.82. The highest BCUT2D eigenvalue weighted by Crippen LogP contribution is 2.05. The van der Waals surface area contributed by atoms with Gasteiger partial charge in [0.15, 0.2) is 0 Å². The van der Waals surface area contributed by atoms with Crippen LogP contribution in [0.2, 0.25) is 0 Å². The van der Waals surface area contributed by atoms with E-state index in [1.165, 1.54) is 7.11 Å². The number of hydrogen-bond acceptors (Lipinski definition) is 5. The van der Waals surface area contributed by atoms with Gasteiger partial charge in [0.1, 0.15) is 0 Å². The molecule has 0 saturated heterocycles. The van der Waals surface area contributed by atoms with Crippen LogP contribution in [0.1, 0.15) is 31.0 Å². The van der Waals surface area contributed by atoms with Gasteiger partial charge in [-0.2, -0.15) is 0 Å². The number of methoxy groups -OCH3 is 1. The van der Waals surface area contributed by atoms with Crippen LogP contribution >= 0.6 is 0 Å². The van der Waals surface area contributed by atoms with Gasteiger partial charge in [-0.15, -0.1) is 10.2 Å². The van der Waals surface area contributed by atoms with Crippen LogP contribution in [0.5, 0.6) is 0 Å². The molecule has 0 aromatic carbocycles. The van der Waals surface area contributed by atoms with Crippen molar-refractivity contribution in [1.82, 2.24) is 10.2 Å². The predicted molar refractivity (Wildman–Crippen MR) is 48.6 cm³/mol. The van der Waals surface area contributed by atoms with Crippen LogP contribution in [-0.4, -0.2) is 23.3 Å². The van der Waals surface area contributed by atoms with Crippen LogP contribution in [0.25, 0.3) is 0 Å². The minimum atomic E-state index is -0.174. The highest BCUT2D eigenvalue weighted by molar-refractivity contribution is 5.68. The van der Waals surface area contributed by atoms with Gasteiger partial charge in [-0.05, 0) is 12.8 Å². The number of aryl methyl sites for hydroxylation is 2. The number of hydrogen-bond donors (Lipinski definition) is 0. The summed E-state index contributed by atoms with van der Waals surface area (Å²) in [4.78, 5) is 10.8. The van der Waals surface area contributed by atoms with Crippen molar-refractivity contribution in [2.45, 2.75) is 32.6 Å². The highest BCUT2D eigenvalue weighted by Gasteiger charge is 2.03. The van der Waals surface area contributed by atoms with E-state index in [0.717, 1.165) is 19.3 Å². The molecule has 0 amide bonds. The molecule has 0 unspecified atom stereocenters. The third-order valence-electron chi connectivity index (χ3n) is 1.82. The van der Waals surface area contributed by atoms with Crippen LogP contribution in [0.3, 0.4) is 0 Å². The molecule has 0 atom stereocenters. The van der Waals surface area contributed by atoms with Crippen molar-refractivity contribution in [2.75, 3.05) is 7.11 Å². The Morgan fingerprint density at radius 1 is 1.43 bits per heavy atom. The normalized spacial score (nSPS) is 10.1. The van der Waals surface area contributed by atoms with Gasteiger partial charge in [0.25, 0.3) is 0 Å². The summed E-state index contributed by atoms with van der Waals surface area (Å²) in [7, 11) is 1.39. The van der Waals surface area contributed by atoms with Crippen molar-refractivity contribution in [2.24, 2.45) is 0 Å². The number of carbonyl (C=O) groups is 1. The molecule has 1 aromatic rings. The van der Waals surface area contributed by atoms with Crippen molar-refractivity contribution in [3.05, 3.63) is 11.8 Å². The average Bonchev–Trinajstić information content (AvgIpc) is 2.58. The lowest BCUT2D eigenvalue weighted by Crippen LogP contribution is -1.99. The molecule has 0 saturated carbocycles. The second-order valence-corrected chi connectivity index (χ2v) is 3.00. The molecule has 0 aliphatic rings. The zero-order valence-corrected chi connectivity index (χ0v) is 8.45. The minimum absolute atomic E-state index is 0.174. The van der Waals surface area contributed by atoms with Gasteiger partial charge in [-0.3, -0.25) is 4.79 Å². The largest absolute Gasteiger partial charge is 0.469 e. The number of aromatic nitrogens is 2. The molecule has 0 N–H and O–H groups in total. The molecule has 0 spiro atoms. The van der Waals surface area contributed by atoms with E-state index in [2.05, 4.69) is 14.9 Å². The quantitative estimate of drug-likeness (QED) is 0.526. The SMILES string of the molecule is COC(=O)CCCCc1nnc(C)o1. The molecule has 1 rings (SSSR count). The highest BCUT2D eigenvalue weighted by atomic mass is 16.5. The summed E-state index contributed by atoms with van der Waals surface area (Å²) in [5.74, 6) is 1.03. The number of unbranched alkanes of at least 4 members (excludes halogenated alkanes) is 1. The number of rotatable bonds is 5. The first kappa shape index (κ1) is 10.7. The van der Waals surface area contributed by atoms with Crippen molar-refractivity contribution in [1.29, 1.82) is 0 Å². The lowest BCUT2D eigenvalue weighted by atomic mass is 10.2. The average molecular weight is 198 g/mol. The second-order valence-electron chi connectivity index (χ2n) is 3.00. The standard InChI is InChI=1S/C9H14N2O3/c1-7-10-11-8(14-7)5-3-4-6-9(12)13-2/h3-6H2,1-2H3. The minimum Gasteiger partial charge on any atom is -0.469 e. The molecule has 0 aliphatic carbocycles.